The van der Waals surface area contributed by atoms with Gasteiger partial charge in [-0.3, -0.25) is 9.59 Å². The SMILES string of the molecule is CCN(C(=O)C(CO)NC(=O)OC(C)(C)C)C(C(=O)Nc1ccc(OC)cc1)c1ccccc1C. The third-order valence-corrected chi connectivity index (χ3v) is 5.20. The quantitative estimate of drug-likeness (QED) is 0.501. The minimum absolute atomic E-state index is 0.153. The van der Waals surface area contributed by atoms with E-state index in [1.807, 2.05) is 19.1 Å². The summed E-state index contributed by atoms with van der Waals surface area (Å²) < 4.78 is 10.4. The fourth-order valence-electron chi connectivity index (χ4n) is 3.53. The Kier molecular flexibility index (Phi) is 9.65. The number of aliphatic hydroxyl groups excluding tert-OH is 1. The van der Waals surface area contributed by atoms with Crippen LogP contribution in [0.3, 0.4) is 0 Å². The molecule has 0 aliphatic carbocycles. The third kappa shape index (κ3) is 7.71. The molecule has 0 saturated carbocycles. The Morgan fingerprint density at radius 2 is 1.69 bits per heavy atom. The minimum atomic E-state index is -1.29. The van der Waals surface area contributed by atoms with Crippen molar-refractivity contribution in [3.8, 4) is 5.75 Å². The highest BCUT2D eigenvalue weighted by atomic mass is 16.6. The fraction of sp³-hybridized carbons (Fsp3) is 0.423. The molecule has 2 aromatic rings. The first-order chi connectivity index (χ1) is 16.5. The summed E-state index contributed by atoms with van der Waals surface area (Å²) in [5.41, 5.74) is 1.19. The predicted molar refractivity (Wildman–Crippen MR) is 133 cm³/mol. The largest absolute Gasteiger partial charge is 0.497 e. The van der Waals surface area contributed by atoms with E-state index in [0.29, 0.717) is 17.0 Å². The lowest BCUT2D eigenvalue weighted by Crippen LogP contribution is -2.53. The van der Waals surface area contributed by atoms with Crippen LogP contribution in [0.4, 0.5) is 10.5 Å². The van der Waals surface area contributed by atoms with Gasteiger partial charge < -0.3 is 30.1 Å². The zero-order chi connectivity index (χ0) is 26.2. The molecule has 0 aliphatic rings. The average Bonchev–Trinajstić information content (AvgIpc) is 2.80. The number of carbonyl (C=O) groups is 3. The number of likely N-dealkylation sites (N-methyl/N-ethyl adjacent to an activating group) is 1. The molecule has 0 saturated heterocycles. The molecule has 2 atom stereocenters. The molecule has 190 valence electrons. The van der Waals surface area contributed by atoms with Gasteiger partial charge in [0.05, 0.1) is 13.7 Å². The van der Waals surface area contributed by atoms with Gasteiger partial charge in [0.15, 0.2) is 0 Å². The second kappa shape index (κ2) is 12.2. The Morgan fingerprint density at radius 3 is 2.20 bits per heavy atom. The zero-order valence-corrected chi connectivity index (χ0v) is 21.1. The van der Waals surface area contributed by atoms with E-state index in [1.165, 1.54) is 4.90 Å². The van der Waals surface area contributed by atoms with Crippen molar-refractivity contribution in [3.05, 3.63) is 59.7 Å². The molecule has 0 fully saturated rings. The maximum atomic E-state index is 13.5. The number of hydrogen-bond donors (Lipinski definition) is 3. The summed E-state index contributed by atoms with van der Waals surface area (Å²) in [6.45, 7) is 8.15. The first kappa shape index (κ1) is 27.7. The Labute approximate surface area is 206 Å². The molecule has 0 heterocycles. The van der Waals surface area contributed by atoms with Crippen LogP contribution in [-0.2, 0) is 14.3 Å². The van der Waals surface area contributed by atoms with Gasteiger partial charge in [0.2, 0.25) is 5.91 Å². The summed E-state index contributed by atoms with van der Waals surface area (Å²) >= 11 is 0. The topological polar surface area (TPSA) is 117 Å². The molecule has 3 N–H and O–H groups in total. The number of hydrogen-bond acceptors (Lipinski definition) is 6. The first-order valence-electron chi connectivity index (χ1n) is 11.4. The van der Waals surface area contributed by atoms with Crippen molar-refractivity contribution in [1.29, 1.82) is 0 Å². The second-order valence-corrected chi connectivity index (χ2v) is 8.98. The number of rotatable bonds is 9. The molecule has 0 radical (unpaired) electrons. The van der Waals surface area contributed by atoms with Crippen molar-refractivity contribution in [2.45, 2.75) is 52.3 Å². The summed E-state index contributed by atoms with van der Waals surface area (Å²) in [4.78, 5) is 40.6. The van der Waals surface area contributed by atoms with Crippen LogP contribution in [0.5, 0.6) is 5.75 Å². The van der Waals surface area contributed by atoms with E-state index in [4.69, 9.17) is 9.47 Å². The van der Waals surface area contributed by atoms with Crippen LogP contribution < -0.4 is 15.4 Å². The second-order valence-electron chi connectivity index (χ2n) is 8.98. The number of aliphatic hydroxyl groups is 1. The lowest BCUT2D eigenvalue weighted by molar-refractivity contribution is -0.141. The first-order valence-corrected chi connectivity index (χ1v) is 11.4. The minimum Gasteiger partial charge on any atom is -0.497 e. The van der Waals surface area contributed by atoms with Gasteiger partial charge >= 0.3 is 6.09 Å². The van der Waals surface area contributed by atoms with Crippen LogP contribution in [-0.4, -0.2) is 59.8 Å². The van der Waals surface area contributed by atoms with E-state index in [9.17, 15) is 19.5 Å². The third-order valence-electron chi connectivity index (χ3n) is 5.20. The van der Waals surface area contributed by atoms with Gasteiger partial charge in [0.25, 0.3) is 5.91 Å². The van der Waals surface area contributed by atoms with Crippen LogP contribution in [0, 0.1) is 6.92 Å². The van der Waals surface area contributed by atoms with Crippen LogP contribution in [0.2, 0.25) is 0 Å². The summed E-state index contributed by atoms with van der Waals surface area (Å²) in [5, 5.41) is 15.2. The molecule has 2 unspecified atom stereocenters. The average molecular weight is 486 g/mol. The molecule has 0 spiro atoms. The van der Waals surface area contributed by atoms with E-state index < -0.39 is 42.2 Å². The molecule has 3 amide bonds. The van der Waals surface area contributed by atoms with Crippen molar-refractivity contribution in [3.63, 3.8) is 0 Å². The van der Waals surface area contributed by atoms with E-state index in [0.717, 1.165) is 5.56 Å². The lowest BCUT2D eigenvalue weighted by atomic mass is 9.98. The number of nitrogens with zero attached hydrogens (tertiary/aromatic N) is 1. The Bertz CT molecular complexity index is 1020. The number of aryl methyl sites for hydroxylation is 1. The van der Waals surface area contributed by atoms with Gasteiger partial charge in [-0.25, -0.2) is 4.79 Å². The number of carbonyl (C=O) groups excluding carboxylic acids is 3. The van der Waals surface area contributed by atoms with Crippen LogP contribution in [0.25, 0.3) is 0 Å². The van der Waals surface area contributed by atoms with Gasteiger partial charge in [-0.15, -0.1) is 0 Å². The van der Waals surface area contributed by atoms with Gasteiger partial charge in [0, 0.05) is 12.2 Å². The number of anilines is 1. The van der Waals surface area contributed by atoms with E-state index in [-0.39, 0.29) is 6.54 Å². The summed E-state index contributed by atoms with van der Waals surface area (Å²) in [7, 11) is 1.55. The molecular formula is C26H35N3O6. The van der Waals surface area contributed by atoms with E-state index >= 15 is 0 Å². The molecule has 0 aliphatic heterocycles. The molecular weight excluding hydrogens is 450 g/mol. The molecule has 0 aromatic heterocycles. The molecule has 35 heavy (non-hydrogen) atoms. The number of methoxy groups -OCH3 is 1. The van der Waals surface area contributed by atoms with Crippen molar-refractivity contribution in [1.82, 2.24) is 10.2 Å². The highest BCUT2D eigenvalue weighted by molar-refractivity contribution is 5.99. The Morgan fingerprint density at radius 1 is 1.06 bits per heavy atom. The maximum absolute atomic E-state index is 13.5. The molecule has 2 aromatic carbocycles. The summed E-state index contributed by atoms with van der Waals surface area (Å²) in [6.07, 6.45) is -0.837. The standard InChI is InChI=1S/C26H35N3O6/c1-7-29(24(32)21(16-30)28-25(33)35-26(3,4)5)22(20-11-9-8-10-17(20)2)23(31)27-18-12-14-19(34-6)15-13-18/h8-15,21-22,30H,7,16H2,1-6H3,(H,27,31)(H,28,33). The van der Waals surface area contributed by atoms with Crippen LogP contribution in [0.15, 0.2) is 48.5 Å². The number of benzene rings is 2. The van der Waals surface area contributed by atoms with Gasteiger partial charge in [-0.05, 0) is 70.0 Å². The zero-order valence-electron chi connectivity index (χ0n) is 21.1. The number of nitrogens with one attached hydrogen (secondary N) is 2. The van der Waals surface area contributed by atoms with E-state index in [2.05, 4.69) is 10.6 Å². The van der Waals surface area contributed by atoms with Crippen molar-refractivity contribution in [2.75, 3.05) is 25.6 Å². The van der Waals surface area contributed by atoms with Gasteiger partial charge in [0.1, 0.15) is 23.4 Å². The molecule has 2 rings (SSSR count). The fourth-order valence-corrected chi connectivity index (χ4v) is 3.53. The summed E-state index contributed by atoms with van der Waals surface area (Å²) in [5.74, 6) is -0.407. The predicted octanol–water partition coefficient (Wildman–Crippen LogP) is 3.42. The normalized spacial score (nSPS) is 12.8. The van der Waals surface area contributed by atoms with Gasteiger partial charge in [-0.1, -0.05) is 24.3 Å². The highest BCUT2D eigenvalue weighted by Crippen LogP contribution is 2.27. The number of alkyl carbamates (subject to hydrolysis) is 1. The lowest BCUT2D eigenvalue weighted by Gasteiger charge is -2.34. The van der Waals surface area contributed by atoms with Crippen molar-refractivity contribution >= 4 is 23.6 Å². The van der Waals surface area contributed by atoms with Gasteiger partial charge in [-0.2, -0.15) is 0 Å². The number of ether oxygens (including phenoxy) is 2. The highest BCUT2D eigenvalue weighted by Gasteiger charge is 2.36. The monoisotopic (exact) mass is 485 g/mol. The maximum Gasteiger partial charge on any atom is 0.408 e. The number of amides is 3. The van der Waals surface area contributed by atoms with Crippen LogP contribution >= 0.6 is 0 Å². The molecule has 9 nitrogen and oxygen atoms in total. The Balaban J connectivity index is 2.38. The van der Waals surface area contributed by atoms with Crippen molar-refractivity contribution < 1.29 is 29.0 Å². The smallest absolute Gasteiger partial charge is 0.408 e. The Hall–Kier alpha value is -3.59. The molecule has 9 heteroatoms. The van der Waals surface area contributed by atoms with Crippen LogP contribution in [0.1, 0.15) is 44.9 Å². The molecule has 0 bridgehead atoms. The van der Waals surface area contributed by atoms with Crippen molar-refractivity contribution in [2.24, 2.45) is 0 Å². The summed E-state index contributed by atoms with van der Waals surface area (Å²) in [6, 6.07) is 11.8. The van der Waals surface area contributed by atoms with E-state index in [1.54, 1.807) is 71.2 Å².